The quantitative estimate of drug-likeness (QED) is 0.567. The zero-order valence-electron chi connectivity index (χ0n) is 8.15. The predicted octanol–water partition coefficient (Wildman–Crippen LogP) is 0.375. The van der Waals surface area contributed by atoms with Crippen LogP contribution in [0.25, 0.3) is 0 Å². The number of aromatic nitrogens is 1. The van der Waals surface area contributed by atoms with Gasteiger partial charge in [-0.2, -0.15) is 17.2 Å². The second kappa shape index (κ2) is 8.80. The Hall–Kier alpha value is -0.480. The Labute approximate surface area is 97.7 Å². The van der Waals surface area contributed by atoms with Crippen LogP contribution in [0.15, 0.2) is 10.9 Å². The van der Waals surface area contributed by atoms with Gasteiger partial charge in [0, 0.05) is 6.92 Å². The molecule has 1 heterocycles. The molecule has 1 aromatic heterocycles. The molecule has 6 nitrogen and oxygen atoms in total. The van der Waals surface area contributed by atoms with E-state index in [9.17, 15) is 0 Å². The van der Waals surface area contributed by atoms with Gasteiger partial charge >= 0.3 is 10.4 Å². The van der Waals surface area contributed by atoms with Crippen molar-refractivity contribution in [2.75, 3.05) is 0 Å². The summed E-state index contributed by atoms with van der Waals surface area (Å²) in [4.78, 5) is 0. The molecular formula is C6H12NO5S3+. The fourth-order valence-corrected chi connectivity index (χ4v) is 1.53. The van der Waals surface area contributed by atoms with Crippen molar-refractivity contribution in [1.82, 2.24) is 0 Å². The van der Waals surface area contributed by atoms with Crippen LogP contribution in [0.5, 0.6) is 0 Å². The maximum absolute atomic E-state index is 8.74. The van der Waals surface area contributed by atoms with Crippen LogP contribution in [0, 0.1) is 6.92 Å². The minimum absolute atomic E-state index is 1.09. The van der Waals surface area contributed by atoms with E-state index < -0.39 is 10.4 Å². The Bertz CT molecular complexity index is 353. The highest BCUT2D eigenvalue weighted by molar-refractivity contribution is 7.79. The molecule has 88 valence electrons. The first-order chi connectivity index (χ1) is 6.84. The Balaban J connectivity index is 0. The van der Waals surface area contributed by atoms with Crippen molar-refractivity contribution >= 4 is 34.3 Å². The highest BCUT2D eigenvalue weighted by Crippen LogP contribution is 1.94. The first kappa shape index (κ1) is 16.9. The van der Waals surface area contributed by atoms with E-state index in [2.05, 4.69) is 41.8 Å². The molecule has 9 heteroatoms. The molecule has 0 unspecified atom stereocenters. The molecule has 1 aromatic rings. The summed E-state index contributed by atoms with van der Waals surface area (Å²) >= 11 is 4.59. The second-order valence-electron chi connectivity index (χ2n) is 2.23. The van der Waals surface area contributed by atoms with Crippen molar-refractivity contribution in [3.8, 4) is 0 Å². The van der Waals surface area contributed by atoms with E-state index in [0.717, 1.165) is 6.54 Å². The van der Waals surface area contributed by atoms with Crippen molar-refractivity contribution in [1.29, 1.82) is 0 Å². The van der Waals surface area contributed by atoms with Gasteiger partial charge in [0.15, 0.2) is 18.2 Å². The average molecular weight is 274 g/mol. The molecule has 0 saturated heterocycles. The van der Waals surface area contributed by atoms with E-state index in [1.165, 1.54) is 5.69 Å². The topological polar surface area (TPSA) is 95.5 Å². The van der Waals surface area contributed by atoms with E-state index in [4.69, 9.17) is 21.7 Å². The molecule has 0 bridgehead atoms. The van der Waals surface area contributed by atoms with Gasteiger partial charge < -0.3 is 0 Å². The van der Waals surface area contributed by atoms with Gasteiger partial charge in [-0.15, -0.1) is 0 Å². The van der Waals surface area contributed by atoms with Crippen molar-refractivity contribution in [2.45, 2.75) is 20.4 Å². The number of hydrogen-bond acceptors (Lipinski definition) is 5. The van der Waals surface area contributed by atoms with Crippen molar-refractivity contribution in [3.05, 3.63) is 16.6 Å². The number of rotatable bonds is 1. The van der Waals surface area contributed by atoms with E-state index in [1.807, 2.05) is 0 Å². The van der Waals surface area contributed by atoms with Gasteiger partial charge in [0.25, 0.3) is 0 Å². The van der Waals surface area contributed by atoms with E-state index in [1.54, 1.807) is 11.3 Å². The fraction of sp³-hybridized carbons (Fsp3) is 0.500. The number of aryl methyl sites for hydroxylation is 2. The van der Waals surface area contributed by atoms with Gasteiger partial charge in [-0.1, -0.05) is 11.3 Å². The molecule has 0 aliphatic rings. The Morgan fingerprint density at radius 3 is 2.00 bits per heavy atom. The molecule has 0 aromatic carbocycles. The lowest BCUT2D eigenvalue weighted by molar-refractivity contribution is -0.694. The van der Waals surface area contributed by atoms with Gasteiger partial charge in [0.1, 0.15) is 6.54 Å². The molecule has 0 aliphatic carbocycles. The van der Waals surface area contributed by atoms with E-state index >= 15 is 0 Å². The molecule has 0 radical (unpaired) electrons. The van der Waals surface area contributed by atoms with Crippen LogP contribution in [0.3, 0.4) is 0 Å². The van der Waals surface area contributed by atoms with Crippen LogP contribution < -0.4 is 4.57 Å². The summed E-state index contributed by atoms with van der Waals surface area (Å²) in [5.41, 5.74) is 3.49. The molecule has 1 rings (SSSR count). The lowest BCUT2D eigenvalue weighted by atomic mass is 10.5. The molecule has 0 spiro atoms. The minimum atomic E-state index is -4.67. The minimum Gasteiger partial charge on any atom is -0.264 e. The summed E-state index contributed by atoms with van der Waals surface area (Å²) < 4.78 is 41.6. The zero-order chi connectivity index (χ0) is 12.5. The lowest BCUT2D eigenvalue weighted by Gasteiger charge is -1.82. The standard InChI is InChI=1S/C6H10NS.H2O4S.OS/c1-3-7-5-8-4-6(7)2;1-5(2,3)4;1-2/h4-5H,3H2,1-2H3;(H2,1,2,3,4);/q+1;;. The summed E-state index contributed by atoms with van der Waals surface area (Å²) in [6.07, 6.45) is 0. The SMILES string of the molecule is CC[n+]1cscc1C.O=S.O=S(=O)(O)O. The summed E-state index contributed by atoms with van der Waals surface area (Å²) in [5, 5.41) is 2.16. The Morgan fingerprint density at radius 1 is 1.47 bits per heavy atom. The third kappa shape index (κ3) is 13.5. The largest absolute Gasteiger partial charge is 0.394 e. The molecule has 0 aliphatic heterocycles. The van der Waals surface area contributed by atoms with E-state index in [-0.39, 0.29) is 0 Å². The monoisotopic (exact) mass is 274 g/mol. The lowest BCUT2D eigenvalue weighted by Crippen LogP contribution is -2.31. The van der Waals surface area contributed by atoms with Crippen molar-refractivity contribution in [2.24, 2.45) is 0 Å². The van der Waals surface area contributed by atoms with E-state index in [0.29, 0.717) is 0 Å². The van der Waals surface area contributed by atoms with Crippen LogP contribution in [-0.4, -0.2) is 21.7 Å². The summed E-state index contributed by atoms with van der Waals surface area (Å²) in [5.74, 6) is 0. The summed E-state index contributed by atoms with van der Waals surface area (Å²) in [6.45, 7) is 5.37. The van der Waals surface area contributed by atoms with Crippen LogP contribution in [-0.2, 0) is 29.5 Å². The maximum Gasteiger partial charge on any atom is 0.394 e. The number of hydrogen-bond donors (Lipinski definition) is 2. The van der Waals surface area contributed by atoms with Gasteiger partial charge in [0.2, 0.25) is 5.51 Å². The first-order valence-corrected chi connectivity index (χ1v) is 6.30. The Morgan fingerprint density at radius 2 is 1.87 bits per heavy atom. The number of thiazole rings is 1. The van der Waals surface area contributed by atoms with Crippen molar-refractivity contribution < 1.29 is 26.3 Å². The second-order valence-corrected chi connectivity index (χ2v) is 3.85. The molecular weight excluding hydrogens is 262 g/mol. The molecule has 0 saturated carbocycles. The van der Waals surface area contributed by atoms with Gasteiger partial charge in [-0.3, -0.25) is 9.11 Å². The summed E-state index contributed by atoms with van der Waals surface area (Å²) in [7, 11) is -4.67. The average Bonchev–Trinajstić information content (AvgIpc) is 2.51. The molecule has 0 fully saturated rings. The smallest absolute Gasteiger partial charge is 0.264 e. The molecule has 0 amide bonds. The first-order valence-electron chi connectivity index (χ1n) is 3.63. The molecule has 15 heavy (non-hydrogen) atoms. The predicted molar refractivity (Wildman–Crippen MR) is 57.2 cm³/mol. The molecule has 0 atom stereocenters. The zero-order valence-corrected chi connectivity index (χ0v) is 10.6. The maximum atomic E-state index is 8.74. The van der Waals surface area contributed by atoms with Crippen LogP contribution in [0.4, 0.5) is 0 Å². The van der Waals surface area contributed by atoms with Gasteiger partial charge in [-0.25, -0.2) is 0 Å². The van der Waals surface area contributed by atoms with Crippen LogP contribution in [0.1, 0.15) is 12.6 Å². The normalized spacial score (nSPS) is 9.33. The highest BCUT2D eigenvalue weighted by Gasteiger charge is 2.00. The Kier molecular flexibility index (Phi) is 9.93. The number of nitrogens with zero attached hydrogens (tertiary/aromatic N) is 1. The summed E-state index contributed by atoms with van der Waals surface area (Å²) in [6, 6.07) is 0. The molecule has 2 N–H and O–H groups in total. The highest BCUT2D eigenvalue weighted by atomic mass is 32.3. The fourth-order valence-electron chi connectivity index (χ4n) is 0.677. The van der Waals surface area contributed by atoms with Gasteiger partial charge in [0.05, 0.1) is 5.38 Å². The third-order valence-electron chi connectivity index (χ3n) is 1.22. The third-order valence-corrected chi connectivity index (χ3v) is 2.07. The van der Waals surface area contributed by atoms with Crippen LogP contribution in [0.2, 0.25) is 0 Å². The van der Waals surface area contributed by atoms with Crippen molar-refractivity contribution in [3.63, 3.8) is 0 Å². The van der Waals surface area contributed by atoms with Gasteiger partial charge in [-0.05, 0) is 6.92 Å². The van der Waals surface area contributed by atoms with Crippen LogP contribution >= 0.6 is 11.3 Å².